The van der Waals surface area contributed by atoms with Crippen molar-refractivity contribution in [3.8, 4) is 5.75 Å². The Bertz CT molecular complexity index is 428. The zero-order chi connectivity index (χ0) is 8.55. The summed E-state index contributed by atoms with van der Waals surface area (Å²) in [5, 5.41) is 10.4. The molecule has 0 aliphatic rings. The first-order valence-corrected chi connectivity index (χ1v) is 3.89. The summed E-state index contributed by atoms with van der Waals surface area (Å²) in [5.74, 6) is 0.0946. The van der Waals surface area contributed by atoms with E-state index in [0.29, 0.717) is 5.02 Å². The molecular weight excluding hydrogens is 186 g/mol. The summed E-state index contributed by atoms with van der Waals surface area (Å²) in [5.41, 5.74) is 0.792. The Labute approximate surface area is 81.8 Å². The van der Waals surface area contributed by atoms with E-state index in [9.17, 15) is 5.11 Å². The monoisotopic (exact) mass is 195 g/mol. The van der Waals surface area contributed by atoms with E-state index in [1.54, 1.807) is 18.3 Å². The lowest BCUT2D eigenvalue weighted by Crippen LogP contribution is -1.78. The van der Waals surface area contributed by atoms with E-state index in [1.807, 2.05) is 6.07 Å². The summed E-state index contributed by atoms with van der Waals surface area (Å²) in [7, 11) is 0. The molecule has 0 saturated heterocycles. The van der Waals surface area contributed by atoms with E-state index in [4.69, 9.17) is 11.6 Å². The molecule has 1 N–H and O–H groups in total. The summed E-state index contributed by atoms with van der Waals surface area (Å²) in [6, 6.07) is 6.88. The van der Waals surface area contributed by atoms with Gasteiger partial charge in [0.1, 0.15) is 5.75 Å². The normalized spacial score (nSPS) is 9.62. The van der Waals surface area contributed by atoms with Crippen molar-refractivity contribution < 1.29 is 5.11 Å². The maximum Gasteiger partial charge on any atom is 0.134 e. The summed E-state index contributed by atoms with van der Waals surface area (Å²) in [4.78, 5) is 4.09. The average molecular weight is 196 g/mol. The first-order chi connectivity index (χ1) is 5.79. The number of phenols is 1. The lowest BCUT2D eigenvalue weighted by molar-refractivity contribution is 0.476. The van der Waals surface area contributed by atoms with E-state index in [-0.39, 0.29) is 13.2 Å². The smallest absolute Gasteiger partial charge is 0.134 e. The largest absolute Gasteiger partial charge is 0.506 e. The van der Waals surface area contributed by atoms with E-state index in [1.165, 1.54) is 6.07 Å². The second-order valence-electron chi connectivity index (χ2n) is 2.47. The minimum atomic E-state index is 0. The Morgan fingerprint density at radius 1 is 1.23 bits per heavy atom. The topological polar surface area (TPSA) is 33.1 Å². The highest BCUT2D eigenvalue weighted by atomic mass is 35.5. The van der Waals surface area contributed by atoms with Crippen molar-refractivity contribution in [2.24, 2.45) is 0 Å². The molecule has 1 aromatic heterocycles. The van der Waals surface area contributed by atoms with Gasteiger partial charge in [0.2, 0.25) is 0 Å². The van der Waals surface area contributed by atoms with Crippen LogP contribution >= 0.6 is 11.6 Å². The van der Waals surface area contributed by atoms with Crippen LogP contribution < -0.4 is 0 Å². The number of nitrogens with zero attached hydrogens (tertiary/aromatic N) is 1. The Morgan fingerprint density at radius 3 is 2.77 bits per heavy atom. The lowest BCUT2D eigenvalue weighted by atomic mass is 10.2. The first kappa shape index (κ1) is 9.81. The van der Waals surface area contributed by atoms with Crippen LogP contribution in [-0.2, 0) is 0 Å². The van der Waals surface area contributed by atoms with Gasteiger partial charge in [0.25, 0.3) is 0 Å². The summed E-state index contributed by atoms with van der Waals surface area (Å²) in [6.07, 6.45) is 1.69. The number of halogens is 1. The third kappa shape index (κ3) is 1.58. The maximum absolute atomic E-state index is 9.26. The molecule has 0 radical (unpaired) electrons. The predicted octanol–water partition coefficient (Wildman–Crippen LogP) is 3.23. The third-order valence-electron chi connectivity index (χ3n) is 1.70. The second kappa shape index (κ2) is 3.62. The van der Waals surface area contributed by atoms with Gasteiger partial charge in [-0.1, -0.05) is 19.0 Å². The molecular formula is C10H10ClNO. The van der Waals surface area contributed by atoms with Gasteiger partial charge in [-0.2, -0.15) is 0 Å². The molecule has 0 bridgehead atoms. The van der Waals surface area contributed by atoms with Gasteiger partial charge in [0.15, 0.2) is 0 Å². The molecule has 3 heteroatoms. The van der Waals surface area contributed by atoms with E-state index >= 15 is 0 Å². The fraction of sp³-hybridized carbons (Fsp3) is 0.100. The van der Waals surface area contributed by atoms with Crippen LogP contribution in [0, 0.1) is 0 Å². The van der Waals surface area contributed by atoms with Gasteiger partial charge in [0.05, 0.1) is 10.5 Å². The molecule has 0 amide bonds. The van der Waals surface area contributed by atoms with Crippen LogP contribution in [0.3, 0.4) is 0 Å². The van der Waals surface area contributed by atoms with Gasteiger partial charge in [-0.25, -0.2) is 0 Å². The van der Waals surface area contributed by atoms with Crippen molar-refractivity contribution >= 4 is 22.5 Å². The summed E-state index contributed by atoms with van der Waals surface area (Å²) >= 11 is 5.84. The first-order valence-electron chi connectivity index (χ1n) is 3.51. The Morgan fingerprint density at radius 2 is 2.00 bits per heavy atom. The van der Waals surface area contributed by atoms with E-state index in [2.05, 4.69) is 4.98 Å². The van der Waals surface area contributed by atoms with Gasteiger partial charge in [0, 0.05) is 11.6 Å². The van der Waals surface area contributed by atoms with Crippen molar-refractivity contribution in [1.82, 2.24) is 4.98 Å². The van der Waals surface area contributed by atoms with Crippen molar-refractivity contribution in [3.05, 3.63) is 35.5 Å². The summed E-state index contributed by atoms with van der Waals surface area (Å²) in [6.45, 7) is 0. The Kier molecular flexibility index (Phi) is 2.73. The third-order valence-corrected chi connectivity index (χ3v) is 2.10. The van der Waals surface area contributed by atoms with Crippen LogP contribution in [0.25, 0.3) is 10.9 Å². The van der Waals surface area contributed by atoms with Crippen LogP contribution in [0.1, 0.15) is 7.43 Å². The van der Waals surface area contributed by atoms with Crippen molar-refractivity contribution in [1.29, 1.82) is 0 Å². The van der Waals surface area contributed by atoms with Gasteiger partial charge in [-0.3, -0.25) is 4.98 Å². The minimum absolute atomic E-state index is 0. The van der Waals surface area contributed by atoms with Crippen molar-refractivity contribution in [3.63, 3.8) is 0 Å². The molecule has 0 aliphatic heterocycles. The molecule has 0 unspecified atom stereocenters. The zero-order valence-electron chi connectivity index (χ0n) is 6.16. The SMILES string of the molecule is C.Oc1ccc2ncccc2c1Cl. The molecule has 0 atom stereocenters. The Balaban J connectivity index is 0.000000845. The van der Waals surface area contributed by atoms with E-state index < -0.39 is 0 Å². The molecule has 0 spiro atoms. The molecule has 0 aliphatic carbocycles. The molecule has 2 aromatic rings. The number of hydrogen-bond acceptors (Lipinski definition) is 2. The van der Waals surface area contributed by atoms with Crippen LogP contribution in [0.2, 0.25) is 5.02 Å². The molecule has 13 heavy (non-hydrogen) atoms. The molecule has 68 valence electrons. The fourth-order valence-corrected chi connectivity index (χ4v) is 1.33. The summed E-state index contributed by atoms with van der Waals surface area (Å²) < 4.78 is 0. The average Bonchev–Trinajstić information content (AvgIpc) is 2.12. The number of hydrogen-bond donors (Lipinski definition) is 1. The van der Waals surface area contributed by atoms with Gasteiger partial charge >= 0.3 is 0 Å². The number of pyridine rings is 1. The number of benzene rings is 1. The van der Waals surface area contributed by atoms with Crippen LogP contribution in [0.15, 0.2) is 30.5 Å². The van der Waals surface area contributed by atoms with Crippen molar-refractivity contribution in [2.45, 2.75) is 7.43 Å². The molecule has 1 heterocycles. The molecule has 2 nitrogen and oxygen atoms in total. The number of fused-ring (bicyclic) bond motifs is 1. The predicted molar refractivity (Wildman–Crippen MR) is 55.1 cm³/mol. The van der Waals surface area contributed by atoms with Gasteiger partial charge in [-0.05, 0) is 24.3 Å². The van der Waals surface area contributed by atoms with Crippen LogP contribution in [0.5, 0.6) is 5.75 Å². The number of phenolic OH excluding ortho intramolecular Hbond substituents is 1. The molecule has 0 fully saturated rings. The number of rotatable bonds is 0. The zero-order valence-corrected chi connectivity index (χ0v) is 6.92. The number of aromatic nitrogens is 1. The molecule has 0 saturated carbocycles. The fourth-order valence-electron chi connectivity index (χ4n) is 1.10. The number of aromatic hydroxyl groups is 1. The highest BCUT2D eigenvalue weighted by Gasteiger charge is 2.02. The van der Waals surface area contributed by atoms with Crippen LogP contribution in [-0.4, -0.2) is 10.1 Å². The minimum Gasteiger partial charge on any atom is -0.506 e. The van der Waals surface area contributed by atoms with Gasteiger partial charge < -0.3 is 5.11 Å². The molecule has 2 rings (SSSR count). The van der Waals surface area contributed by atoms with E-state index in [0.717, 1.165) is 10.9 Å². The second-order valence-corrected chi connectivity index (χ2v) is 2.85. The van der Waals surface area contributed by atoms with Crippen LogP contribution in [0.4, 0.5) is 0 Å². The highest BCUT2D eigenvalue weighted by Crippen LogP contribution is 2.30. The standard InChI is InChI=1S/C9H6ClNO.CH4/c10-9-6-2-1-5-11-7(6)3-4-8(9)12;/h1-5,12H;1H4. The molecule has 1 aromatic carbocycles. The maximum atomic E-state index is 9.26. The highest BCUT2D eigenvalue weighted by molar-refractivity contribution is 6.36. The van der Waals surface area contributed by atoms with Gasteiger partial charge in [-0.15, -0.1) is 0 Å². The lowest BCUT2D eigenvalue weighted by Gasteiger charge is -2.00. The quantitative estimate of drug-likeness (QED) is 0.700. The Hall–Kier alpha value is -1.28. The van der Waals surface area contributed by atoms with Crippen molar-refractivity contribution in [2.75, 3.05) is 0 Å².